The molecule has 0 aliphatic rings. The van der Waals surface area contributed by atoms with Gasteiger partial charge in [0.1, 0.15) is 5.78 Å². The van der Waals surface area contributed by atoms with Gasteiger partial charge in [-0.1, -0.05) is 22.4 Å². The van der Waals surface area contributed by atoms with E-state index in [9.17, 15) is 4.79 Å². The molecule has 0 amide bonds. The van der Waals surface area contributed by atoms with Gasteiger partial charge in [-0.25, -0.2) is 0 Å². The minimum absolute atomic E-state index is 0.163. The van der Waals surface area contributed by atoms with Crippen LogP contribution < -0.4 is 0 Å². The molecule has 0 heterocycles. The predicted molar refractivity (Wildman–Crippen MR) is 48.0 cm³/mol. The van der Waals surface area contributed by atoms with Crippen LogP contribution in [0.1, 0.15) is 25.7 Å². The molecular weight excluding hydrogens is 215 g/mol. The SMILES string of the molecule is O=C(CCl)CCCCCBr. The zero-order chi connectivity index (χ0) is 7.82. The fourth-order valence-corrected chi connectivity index (χ4v) is 1.19. The highest BCUT2D eigenvalue weighted by molar-refractivity contribution is 9.09. The van der Waals surface area contributed by atoms with Gasteiger partial charge in [0.2, 0.25) is 0 Å². The molecule has 0 fully saturated rings. The van der Waals surface area contributed by atoms with Crippen LogP contribution in [0.15, 0.2) is 0 Å². The first-order valence-corrected chi connectivity index (χ1v) is 5.10. The van der Waals surface area contributed by atoms with Gasteiger partial charge in [-0.05, 0) is 12.8 Å². The lowest BCUT2D eigenvalue weighted by Crippen LogP contribution is -1.98. The quantitative estimate of drug-likeness (QED) is 0.504. The number of hydrogen-bond donors (Lipinski definition) is 0. The Kier molecular flexibility index (Phi) is 7.88. The van der Waals surface area contributed by atoms with Crippen molar-refractivity contribution in [2.75, 3.05) is 11.2 Å². The maximum absolute atomic E-state index is 10.6. The highest BCUT2D eigenvalue weighted by Gasteiger charge is 1.97. The van der Waals surface area contributed by atoms with E-state index in [0.717, 1.165) is 24.6 Å². The second-order valence-corrected chi connectivity index (χ2v) is 3.23. The molecule has 3 heteroatoms. The molecule has 1 nitrogen and oxygen atoms in total. The number of carbonyl (C=O) groups is 1. The van der Waals surface area contributed by atoms with Crippen LogP contribution >= 0.6 is 27.5 Å². The molecular formula is C7H12BrClO. The molecule has 0 bridgehead atoms. The molecule has 0 atom stereocenters. The first-order valence-electron chi connectivity index (χ1n) is 3.45. The second kappa shape index (κ2) is 7.55. The van der Waals surface area contributed by atoms with Crippen LogP contribution in [0.4, 0.5) is 0 Å². The minimum atomic E-state index is 0.163. The van der Waals surface area contributed by atoms with E-state index in [1.807, 2.05) is 0 Å². The van der Waals surface area contributed by atoms with E-state index in [2.05, 4.69) is 15.9 Å². The van der Waals surface area contributed by atoms with Crippen LogP contribution in [-0.2, 0) is 4.79 Å². The summed E-state index contributed by atoms with van der Waals surface area (Å²) in [6.07, 6.45) is 3.90. The van der Waals surface area contributed by atoms with Crippen molar-refractivity contribution in [3.05, 3.63) is 0 Å². The van der Waals surface area contributed by atoms with Gasteiger partial charge in [0.25, 0.3) is 0 Å². The second-order valence-electron chi connectivity index (χ2n) is 2.17. The number of Topliss-reactive ketones (excluding diaryl/α,β-unsaturated/α-hetero) is 1. The van der Waals surface area contributed by atoms with Gasteiger partial charge >= 0.3 is 0 Å². The van der Waals surface area contributed by atoms with Crippen LogP contribution in [0.3, 0.4) is 0 Å². The number of alkyl halides is 2. The molecule has 0 aromatic carbocycles. The Morgan fingerprint density at radius 3 is 2.50 bits per heavy atom. The normalized spacial score (nSPS) is 9.80. The standard InChI is InChI=1S/C7H12BrClO/c8-5-3-1-2-4-7(10)6-9/h1-6H2. The van der Waals surface area contributed by atoms with Crippen molar-refractivity contribution in [3.8, 4) is 0 Å². The molecule has 0 rings (SSSR count). The average molecular weight is 228 g/mol. The molecule has 0 radical (unpaired) electrons. The zero-order valence-corrected chi connectivity index (χ0v) is 8.25. The summed E-state index contributed by atoms with van der Waals surface area (Å²) < 4.78 is 0. The van der Waals surface area contributed by atoms with E-state index in [-0.39, 0.29) is 11.7 Å². The Bertz CT molecular complexity index is 95.6. The molecule has 0 N–H and O–H groups in total. The monoisotopic (exact) mass is 226 g/mol. The molecule has 0 saturated carbocycles. The summed E-state index contributed by atoms with van der Waals surface area (Å²) in [6.45, 7) is 0. The van der Waals surface area contributed by atoms with E-state index >= 15 is 0 Å². The summed E-state index contributed by atoms with van der Waals surface area (Å²) in [7, 11) is 0. The smallest absolute Gasteiger partial charge is 0.147 e. The number of hydrogen-bond acceptors (Lipinski definition) is 1. The first-order chi connectivity index (χ1) is 4.81. The minimum Gasteiger partial charge on any atom is -0.298 e. The summed E-state index contributed by atoms with van der Waals surface area (Å²) in [5.74, 6) is 0.338. The van der Waals surface area contributed by atoms with E-state index in [1.54, 1.807) is 0 Å². The predicted octanol–water partition coefficient (Wildman–Crippen LogP) is 2.75. The van der Waals surface area contributed by atoms with E-state index in [0.29, 0.717) is 6.42 Å². The Morgan fingerprint density at radius 2 is 2.00 bits per heavy atom. The number of rotatable bonds is 6. The van der Waals surface area contributed by atoms with E-state index in [4.69, 9.17) is 11.6 Å². The van der Waals surface area contributed by atoms with Gasteiger partial charge in [0.15, 0.2) is 0 Å². The van der Waals surface area contributed by atoms with E-state index in [1.165, 1.54) is 0 Å². The van der Waals surface area contributed by atoms with Crippen molar-refractivity contribution in [3.63, 3.8) is 0 Å². The van der Waals surface area contributed by atoms with Crippen molar-refractivity contribution in [2.45, 2.75) is 25.7 Å². The summed E-state index contributed by atoms with van der Waals surface area (Å²) in [6, 6.07) is 0. The van der Waals surface area contributed by atoms with Gasteiger partial charge in [0.05, 0.1) is 5.88 Å². The van der Waals surface area contributed by atoms with Crippen molar-refractivity contribution in [2.24, 2.45) is 0 Å². The molecule has 60 valence electrons. The van der Waals surface area contributed by atoms with Gasteiger partial charge in [-0.15, -0.1) is 11.6 Å². The fraction of sp³-hybridized carbons (Fsp3) is 0.857. The molecule has 0 aliphatic carbocycles. The third-order valence-electron chi connectivity index (χ3n) is 1.24. The van der Waals surface area contributed by atoms with Crippen molar-refractivity contribution >= 4 is 33.3 Å². The third kappa shape index (κ3) is 6.56. The molecule has 10 heavy (non-hydrogen) atoms. The average Bonchev–Trinajstić information content (AvgIpc) is 1.98. The molecule has 0 saturated heterocycles. The molecule has 0 spiro atoms. The summed E-state index contributed by atoms with van der Waals surface area (Å²) in [5.41, 5.74) is 0. The number of unbranched alkanes of at least 4 members (excludes halogenated alkanes) is 2. The van der Waals surface area contributed by atoms with Gasteiger partial charge in [-0.3, -0.25) is 4.79 Å². The van der Waals surface area contributed by atoms with Gasteiger partial charge < -0.3 is 0 Å². The van der Waals surface area contributed by atoms with Crippen LogP contribution in [0.25, 0.3) is 0 Å². The van der Waals surface area contributed by atoms with Crippen LogP contribution in [0.5, 0.6) is 0 Å². The molecule has 0 aromatic rings. The summed E-state index contributed by atoms with van der Waals surface area (Å²) in [5, 5.41) is 1.03. The maximum atomic E-state index is 10.6. The van der Waals surface area contributed by atoms with E-state index < -0.39 is 0 Å². The van der Waals surface area contributed by atoms with Gasteiger partial charge in [-0.2, -0.15) is 0 Å². The Hall–Kier alpha value is 0.440. The molecule has 0 aromatic heterocycles. The maximum Gasteiger partial charge on any atom is 0.147 e. The van der Waals surface area contributed by atoms with Crippen molar-refractivity contribution in [1.82, 2.24) is 0 Å². The highest BCUT2D eigenvalue weighted by Crippen LogP contribution is 2.02. The topological polar surface area (TPSA) is 17.1 Å². The number of carbonyl (C=O) groups excluding carboxylic acids is 1. The summed E-state index contributed by atoms with van der Waals surface area (Å²) in [4.78, 5) is 10.6. The lowest BCUT2D eigenvalue weighted by molar-refractivity contribution is -0.116. The third-order valence-corrected chi connectivity index (χ3v) is 2.10. The Balaban J connectivity index is 2.96. The number of ketones is 1. The lowest BCUT2D eigenvalue weighted by Gasteiger charge is -1.94. The summed E-state index contributed by atoms with van der Waals surface area (Å²) >= 11 is 8.63. The highest BCUT2D eigenvalue weighted by atomic mass is 79.9. The Morgan fingerprint density at radius 1 is 1.30 bits per heavy atom. The van der Waals surface area contributed by atoms with Crippen molar-refractivity contribution in [1.29, 1.82) is 0 Å². The largest absolute Gasteiger partial charge is 0.298 e. The van der Waals surface area contributed by atoms with Crippen LogP contribution in [-0.4, -0.2) is 17.0 Å². The Labute approximate surface area is 75.3 Å². The van der Waals surface area contributed by atoms with Crippen LogP contribution in [0.2, 0.25) is 0 Å². The molecule has 0 unspecified atom stereocenters. The zero-order valence-electron chi connectivity index (χ0n) is 5.91. The number of halogens is 2. The van der Waals surface area contributed by atoms with Crippen molar-refractivity contribution < 1.29 is 4.79 Å². The van der Waals surface area contributed by atoms with Gasteiger partial charge in [0, 0.05) is 11.8 Å². The lowest BCUT2D eigenvalue weighted by atomic mass is 10.2. The first kappa shape index (κ1) is 10.4. The van der Waals surface area contributed by atoms with Crippen LogP contribution in [0, 0.1) is 0 Å². The molecule has 0 aliphatic heterocycles. The fourth-order valence-electron chi connectivity index (χ4n) is 0.660.